The van der Waals surface area contributed by atoms with Gasteiger partial charge >= 0.3 is 0 Å². The number of fused-ring (bicyclic) bond motifs is 2. The molecule has 0 radical (unpaired) electrons. The van der Waals surface area contributed by atoms with E-state index in [0.717, 1.165) is 75.2 Å². The van der Waals surface area contributed by atoms with E-state index < -0.39 is 35.2 Å². The monoisotopic (exact) mass is 1010 g/mol. The second-order valence-electron chi connectivity index (χ2n) is 20.5. The number of amides is 3. The van der Waals surface area contributed by atoms with Gasteiger partial charge in [-0.15, -0.1) is 11.3 Å². The summed E-state index contributed by atoms with van der Waals surface area (Å²) in [6.45, 7) is 7.52. The number of carbonyl (C=O) groups excluding carboxylic acids is 4. The van der Waals surface area contributed by atoms with Gasteiger partial charge in [0.05, 0.1) is 43.2 Å². The van der Waals surface area contributed by atoms with Crippen molar-refractivity contribution in [3.8, 4) is 5.75 Å². The van der Waals surface area contributed by atoms with Crippen LogP contribution in [0.2, 0.25) is 0 Å². The largest absolute Gasteiger partial charge is 0.491 e. The number of halogens is 2. The van der Waals surface area contributed by atoms with Crippen LogP contribution in [0.1, 0.15) is 119 Å². The molecule has 2 saturated carbocycles. The lowest BCUT2D eigenvalue weighted by molar-refractivity contribution is -0.139. The zero-order chi connectivity index (χ0) is 50.1. The second-order valence-corrected chi connectivity index (χ2v) is 21.4. The van der Waals surface area contributed by atoms with Crippen molar-refractivity contribution in [2.75, 3.05) is 58.4 Å². The Morgan fingerprint density at radius 3 is 2.57 bits per heavy atom. The molecule has 16 nitrogen and oxygen atoms in total. The number of ether oxygens (including phenoxy) is 2. The van der Waals surface area contributed by atoms with E-state index in [4.69, 9.17) is 14.5 Å². The van der Waals surface area contributed by atoms with Crippen LogP contribution in [0.3, 0.4) is 0 Å². The van der Waals surface area contributed by atoms with Crippen molar-refractivity contribution >= 4 is 40.5 Å². The summed E-state index contributed by atoms with van der Waals surface area (Å²) < 4.78 is 42.9. The number of thiazole rings is 1. The first-order chi connectivity index (χ1) is 34.8. The molecule has 19 heteroatoms. The highest BCUT2D eigenvalue weighted by Crippen LogP contribution is 2.70. The molecule has 3 aromatic heterocycles. The normalized spacial score (nSPS) is 23.0. The molecular formula is C53H64F2N10O6S. The molecule has 5 heterocycles. The van der Waals surface area contributed by atoms with E-state index >= 15 is 0 Å². The van der Waals surface area contributed by atoms with Crippen molar-refractivity contribution in [3.63, 3.8) is 0 Å². The van der Waals surface area contributed by atoms with Gasteiger partial charge in [-0.3, -0.25) is 29.0 Å². The number of aromatic amines is 1. The van der Waals surface area contributed by atoms with E-state index in [1.807, 2.05) is 40.0 Å². The van der Waals surface area contributed by atoms with Gasteiger partial charge in [-0.2, -0.15) is 10.2 Å². The van der Waals surface area contributed by atoms with Gasteiger partial charge in [-0.25, -0.2) is 13.8 Å². The van der Waals surface area contributed by atoms with Crippen LogP contribution in [-0.2, 0) is 27.2 Å². The van der Waals surface area contributed by atoms with Crippen LogP contribution in [0.15, 0.2) is 72.4 Å². The van der Waals surface area contributed by atoms with E-state index in [9.17, 15) is 28.0 Å². The van der Waals surface area contributed by atoms with Gasteiger partial charge in [0.15, 0.2) is 5.69 Å². The maximum absolute atomic E-state index is 14.5. The Morgan fingerprint density at radius 2 is 1.78 bits per heavy atom. The number of rotatable bonds is 20. The summed E-state index contributed by atoms with van der Waals surface area (Å²) in [7, 11) is 1.73. The first-order valence-electron chi connectivity index (χ1n) is 25.5. The standard InChI is InChI=1S/C53H64F2N10O6S/c1-32(56-3)48(67)60-44(33-12-6-4-7-13-33)51(69)64-19-11-18-42(64)50-59-41(31-72-50)47(66)35-16-10-17-38(24-35)71-23-22-70-21-20-63-28-36(29-63)46(34-14-8-5-9-15-34)65-30-37(27-57-65)58-49(68)45-39-25-43-52(2,53(43,54)55)26-40(39)61-62-45/h5,8-10,14-17,24,27,30-33,36,42-44,46,56H,4,6-7,11-13,18-23,25-26,28-29H2,1-3H3,(H,58,68)(H,60,67)(H,61,62)/t32-,42-,43?,44-,46+,52?/m0/s1. The number of likely N-dealkylation sites (tertiary alicyclic amines) is 2. The van der Waals surface area contributed by atoms with Crippen LogP contribution in [-0.4, -0.2) is 129 Å². The molecule has 5 aliphatic rings. The molecule has 2 saturated heterocycles. The van der Waals surface area contributed by atoms with Crippen LogP contribution in [0.25, 0.3) is 0 Å². The molecule has 6 atom stereocenters. The summed E-state index contributed by atoms with van der Waals surface area (Å²) in [5, 5.41) is 23.2. The number of nitrogens with one attached hydrogen (secondary N) is 4. The predicted molar refractivity (Wildman–Crippen MR) is 266 cm³/mol. The number of benzene rings is 2. The third kappa shape index (κ3) is 9.96. The zero-order valence-corrected chi connectivity index (χ0v) is 41.9. The minimum absolute atomic E-state index is 0.0646. The molecular weight excluding hydrogens is 943 g/mol. The van der Waals surface area contributed by atoms with Gasteiger partial charge in [-0.1, -0.05) is 68.7 Å². The van der Waals surface area contributed by atoms with E-state index in [1.54, 1.807) is 50.7 Å². The van der Waals surface area contributed by atoms with Gasteiger partial charge in [0, 0.05) is 78.2 Å². The Balaban J connectivity index is 0.678. The van der Waals surface area contributed by atoms with Crippen LogP contribution < -0.4 is 20.7 Å². The van der Waals surface area contributed by atoms with E-state index in [0.29, 0.717) is 60.3 Å². The number of hydrogen-bond donors (Lipinski definition) is 4. The third-order valence-electron chi connectivity index (χ3n) is 16.0. The van der Waals surface area contributed by atoms with Crippen LogP contribution in [0.4, 0.5) is 14.5 Å². The summed E-state index contributed by atoms with van der Waals surface area (Å²) in [4.78, 5) is 63.4. The number of aromatic nitrogens is 5. The molecule has 3 amide bonds. The third-order valence-corrected chi connectivity index (χ3v) is 16.9. The molecule has 0 spiro atoms. The quantitative estimate of drug-likeness (QED) is 0.0471. The fourth-order valence-corrected chi connectivity index (χ4v) is 12.4. The summed E-state index contributed by atoms with van der Waals surface area (Å²) in [5.41, 5.74) is 2.63. The average molecular weight is 1010 g/mol. The number of carbonyl (C=O) groups is 4. The Labute approximate surface area is 422 Å². The van der Waals surface area contributed by atoms with Crippen molar-refractivity contribution < 1.29 is 37.4 Å². The summed E-state index contributed by atoms with van der Waals surface area (Å²) in [6.07, 6.45) is 10.3. The lowest BCUT2D eigenvalue weighted by atomic mass is 9.83. The van der Waals surface area contributed by atoms with Crippen molar-refractivity contribution in [1.29, 1.82) is 0 Å². The molecule has 382 valence electrons. The van der Waals surface area contributed by atoms with Crippen LogP contribution >= 0.6 is 11.3 Å². The number of nitrogens with zero attached hydrogens (tertiary/aromatic N) is 6. The highest BCUT2D eigenvalue weighted by molar-refractivity contribution is 7.10. The van der Waals surface area contributed by atoms with E-state index in [2.05, 4.69) is 48.3 Å². The zero-order valence-electron chi connectivity index (χ0n) is 41.1. The molecule has 10 rings (SSSR count). The molecule has 2 aliphatic heterocycles. The summed E-state index contributed by atoms with van der Waals surface area (Å²) in [5.74, 6) is -3.56. The number of hydrogen-bond acceptors (Lipinski definition) is 12. The van der Waals surface area contributed by atoms with E-state index in [-0.39, 0.29) is 60.1 Å². The lowest BCUT2D eigenvalue weighted by Crippen LogP contribution is -2.55. The summed E-state index contributed by atoms with van der Waals surface area (Å²) >= 11 is 1.39. The second kappa shape index (κ2) is 20.9. The number of anilines is 1. The SMILES string of the molecule is CN[C@@H](C)C(=O)N[C@H](C(=O)N1CCC[C@H]1c1nc(C(=O)c2cccc(OCCOCCN3CC([C@@H](c4ccccc4)n4cc(NC(=O)c5n[nH]c6c5CC5C(F)(F)C5(C)C6)cn4)C3)c2)cs1)C1CCCCC1. The topological polar surface area (TPSA) is 189 Å². The van der Waals surface area contributed by atoms with Crippen molar-refractivity contribution in [2.45, 2.75) is 102 Å². The molecule has 2 unspecified atom stereocenters. The number of H-pyrrole nitrogens is 1. The lowest BCUT2D eigenvalue weighted by Gasteiger charge is -2.43. The fourth-order valence-electron chi connectivity index (χ4n) is 11.5. The first kappa shape index (κ1) is 49.7. The number of alkyl halides is 2. The number of likely N-dealkylation sites (N-methyl/N-ethyl adjacent to an activating group) is 1. The molecule has 72 heavy (non-hydrogen) atoms. The minimum Gasteiger partial charge on any atom is -0.491 e. The molecule has 4 N–H and O–H groups in total. The predicted octanol–water partition coefficient (Wildman–Crippen LogP) is 6.87. The van der Waals surface area contributed by atoms with Crippen molar-refractivity contribution in [3.05, 3.63) is 111 Å². The Morgan fingerprint density at radius 1 is 0.972 bits per heavy atom. The Bertz CT molecular complexity index is 2750. The van der Waals surface area contributed by atoms with Crippen LogP contribution in [0.5, 0.6) is 5.75 Å². The molecule has 3 aliphatic carbocycles. The van der Waals surface area contributed by atoms with Gasteiger partial charge in [0.25, 0.3) is 11.8 Å². The van der Waals surface area contributed by atoms with Gasteiger partial charge in [0.1, 0.15) is 29.1 Å². The minimum atomic E-state index is -2.75. The first-order valence-corrected chi connectivity index (χ1v) is 26.4. The summed E-state index contributed by atoms with van der Waals surface area (Å²) in [6, 6.07) is 15.8. The highest BCUT2D eigenvalue weighted by Gasteiger charge is 2.78. The van der Waals surface area contributed by atoms with Crippen molar-refractivity contribution in [1.82, 2.24) is 45.4 Å². The molecule has 0 bridgehead atoms. The average Bonchev–Trinajstić information content (AvgIpc) is 4.15. The van der Waals surface area contributed by atoms with Crippen LogP contribution in [0, 0.1) is 23.2 Å². The van der Waals surface area contributed by atoms with Gasteiger partial charge < -0.3 is 35.2 Å². The fraction of sp³-hybridized carbons (Fsp3) is 0.528. The highest BCUT2D eigenvalue weighted by atomic mass is 32.1. The number of ketones is 1. The maximum atomic E-state index is 14.5. The van der Waals surface area contributed by atoms with Crippen molar-refractivity contribution in [2.24, 2.45) is 23.2 Å². The maximum Gasteiger partial charge on any atom is 0.276 e. The molecule has 4 fully saturated rings. The van der Waals surface area contributed by atoms with Gasteiger partial charge in [-0.05, 0) is 69.7 Å². The Hall–Kier alpha value is -5.89. The van der Waals surface area contributed by atoms with E-state index in [1.165, 1.54) is 11.3 Å². The molecule has 5 aromatic rings. The molecule has 2 aromatic carbocycles. The van der Waals surface area contributed by atoms with Gasteiger partial charge in [0.2, 0.25) is 17.6 Å². The Kier molecular flexibility index (Phi) is 14.4. The smallest absolute Gasteiger partial charge is 0.276 e.